The average Bonchev–Trinajstić information content (AvgIpc) is 2.24. The van der Waals surface area contributed by atoms with Crippen molar-refractivity contribution in [3.05, 3.63) is 0 Å². The molecule has 102 valence electrons. The van der Waals surface area contributed by atoms with Crippen molar-refractivity contribution in [3.8, 4) is 0 Å². The van der Waals surface area contributed by atoms with Crippen molar-refractivity contribution in [2.45, 2.75) is 66.0 Å². The summed E-state index contributed by atoms with van der Waals surface area (Å²) in [6.07, 6.45) is 4.20. The zero-order chi connectivity index (χ0) is 12.8. The number of hydrogen-bond acceptors (Lipinski definition) is 2. The monoisotopic (exact) mass is 241 g/mol. The fourth-order valence-corrected chi connectivity index (χ4v) is 2.94. The van der Waals surface area contributed by atoms with E-state index in [2.05, 4.69) is 39.9 Å². The smallest absolute Gasteiger partial charge is 0.0753 e. The Morgan fingerprint density at radius 1 is 1.24 bits per heavy atom. The summed E-state index contributed by atoms with van der Waals surface area (Å²) in [5.41, 5.74) is 0. The van der Waals surface area contributed by atoms with Gasteiger partial charge in [-0.25, -0.2) is 0 Å². The van der Waals surface area contributed by atoms with Gasteiger partial charge in [0, 0.05) is 12.6 Å². The second-order valence-corrected chi connectivity index (χ2v) is 6.31. The van der Waals surface area contributed by atoms with Gasteiger partial charge in [-0.2, -0.15) is 0 Å². The van der Waals surface area contributed by atoms with E-state index in [1.165, 1.54) is 19.3 Å². The van der Waals surface area contributed by atoms with E-state index in [1.807, 2.05) is 0 Å². The maximum absolute atomic E-state index is 6.15. The van der Waals surface area contributed by atoms with E-state index in [4.69, 9.17) is 4.74 Å². The summed E-state index contributed by atoms with van der Waals surface area (Å²) in [5.74, 6) is 2.15. The first-order valence-electron chi connectivity index (χ1n) is 7.39. The van der Waals surface area contributed by atoms with E-state index in [1.54, 1.807) is 0 Å². The third-order valence-electron chi connectivity index (χ3n) is 3.67. The molecule has 1 fully saturated rings. The van der Waals surface area contributed by atoms with Gasteiger partial charge in [0.1, 0.15) is 0 Å². The van der Waals surface area contributed by atoms with E-state index in [0.717, 1.165) is 19.1 Å². The van der Waals surface area contributed by atoms with E-state index >= 15 is 0 Å². The van der Waals surface area contributed by atoms with Gasteiger partial charge in [0.25, 0.3) is 0 Å². The minimum atomic E-state index is 0.417. The minimum absolute atomic E-state index is 0.417. The topological polar surface area (TPSA) is 21.3 Å². The van der Waals surface area contributed by atoms with Gasteiger partial charge in [0.15, 0.2) is 0 Å². The SMILES string of the molecule is CCCNC1CC(C)CC(C)C1OCC(C)C. The molecule has 4 unspecified atom stereocenters. The van der Waals surface area contributed by atoms with Gasteiger partial charge >= 0.3 is 0 Å². The molecule has 0 amide bonds. The lowest BCUT2D eigenvalue weighted by atomic mass is 9.78. The Kier molecular flexibility index (Phi) is 6.50. The van der Waals surface area contributed by atoms with Gasteiger partial charge in [0.05, 0.1) is 6.10 Å². The quantitative estimate of drug-likeness (QED) is 0.769. The van der Waals surface area contributed by atoms with Crippen molar-refractivity contribution < 1.29 is 4.74 Å². The van der Waals surface area contributed by atoms with Crippen LogP contribution in [-0.2, 0) is 4.74 Å². The Bertz CT molecular complexity index is 205. The lowest BCUT2D eigenvalue weighted by Gasteiger charge is -2.40. The molecule has 1 rings (SSSR count). The van der Waals surface area contributed by atoms with Crippen LogP contribution in [0.4, 0.5) is 0 Å². The maximum atomic E-state index is 6.15. The van der Waals surface area contributed by atoms with Gasteiger partial charge in [-0.05, 0) is 43.6 Å². The highest BCUT2D eigenvalue weighted by Crippen LogP contribution is 2.31. The third-order valence-corrected chi connectivity index (χ3v) is 3.67. The van der Waals surface area contributed by atoms with Crippen LogP contribution in [0.3, 0.4) is 0 Å². The van der Waals surface area contributed by atoms with Gasteiger partial charge < -0.3 is 10.1 Å². The van der Waals surface area contributed by atoms with Crippen molar-refractivity contribution in [2.24, 2.45) is 17.8 Å². The fourth-order valence-electron chi connectivity index (χ4n) is 2.94. The Labute approximate surface area is 108 Å². The Balaban J connectivity index is 2.52. The maximum Gasteiger partial charge on any atom is 0.0753 e. The predicted octanol–water partition coefficient (Wildman–Crippen LogP) is 3.46. The zero-order valence-corrected chi connectivity index (χ0v) is 12.3. The summed E-state index contributed by atoms with van der Waals surface area (Å²) in [4.78, 5) is 0. The van der Waals surface area contributed by atoms with Crippen molar-refractivity contribution in [1.82, 2.24) is 5.32 Å². The van der Waals surface area contributed by atoms with Crippen molar-refractivity contribution >= 4 is 0 Å². The van der Waals surface area contributed by atoms with Gasteiger partial charge in [-0.3, -0.25) is 0 Å². The Morgan fingerprint density at radius 3 is 2.53 bits per heavy atom. The average molecular weight is 241 g/mol. The van der Waals surface area contributed by atoms with Crippen LogP contribution in [0.2, 0.25) is 0 Å². The standard InChI is InChI=1S/C15H31NO/c1-6-7-16-14-9-12(4)8-13(5)15(14)17-10-11(2)3/h11-16H,6-10H2,1-5H3. The molecule has 0 radical (unpaired) electrons. The molecule has 0 saturated heterocycles. The van der Waals surface area contributed by atoms with E-state index in [0.29, 0.717) is 24.0 Å². The van der Waals surface area contributed by atoms with Crippen LogP contribution < -0.4 is 5.32 Å². The summed E-state index contributed by atoms with van der Waals surface area (Å²) >= 11 is 0. The largest absolute Gasteiger partial charge is 0.376 e. The minimum Gasteiger partial charge on any atom is -0.376 e. The highest BCUT2D eigenvalue weighted by molar-refractivity contribution is 4.88. The summed E-state index contributed by atoms with van der Waals surface area (Å²) < 4.78 is 6.15. The molecular weight excluding hydrogens is 210 g/mol. The van der Waals surface area contributed by atoms with Crippen LogP contribution in [0.15, 0.2) is 0 Å². The summed E-state index contributed by atoms with van der Waals surface area (Å²) in [6, 6.07) is 0.562. The summed E-state index contributed by atoms with van der Waals surface area (Å²) in [5, 5.41) is 3.68. The second-order valence-electron chi connectivity index (χ2n) is 6.31. The second kappa shape index (κ2) is 7.38. The highest BCUT2D eigenvalue weighted by atomic mass is 16.5. The molecule has 0 bridgehead atoms. The first kappa shape index (κ1) is 15.0. The van der Waals surface area contributed by atoms with Crippen molar-refractivity contribution in [3.63, 3.8) is 0 Å². The Hall–Kier alpha value is -0.0800. The molecule has 0 aromatic rings. The first-order valence-corrected chi connectivity index (χ1v) is 7.39. The molecule has 1 N–H and O–H groups in total. The molecule has 4 atom stereocenters. The zero-order valence-electron chi connectivity index (χ0n) is 12.3. The molecule has 17 heavy (non-hydrogen) atoms. The molecule has 1 aliphatic carbocycles. The van der Waals surface area contributed by atoms with E-state index in [9.17, 15) is 0 Å². The molecule has 2 nitrogen and oxygen atoms in total. The molecule has 1 aliphatic rings. The molecule has 2 heteroatoms. The van der Waals surface area contributed by atoms with E-state index in [-0.39, 0.29) is 0 Å². The van der Waals surface area contributed by atoms with Crippen LogP contribution in [-0.4, -0.2) is 25.3 Å². The first-order chi connectivity index (χ1) is 8.04. The predicted molar refractivity (Wildman–Crippen MR) is 74.2 cm³/mol. The van der Waals surface area contributed by atoms with Crippen LogP contribution in [0.1, 0.15) is 53.9 Å². The molecule has 0 heterocycles. The molecule has 0 aromatic carbocycles. The van der Waals surface area contributed by atoms with Crippen LogP contribution >= 0.6 is 0 Å². The normalized spacial score (nSPS) is 34.2. The molecule has 0 aliphatic heterocycles. The fraction of sp³-hybridized carbons (Fsp3) is 1.00. The van der Waals surface area contributed by atoms with Crippen molar-refractivity contribution in [2.75, 3.05) is 13.2 Å². The van der Waals surface area contributed by atoms with Crippen LogP contribution in [0.5, 0.6) is 0 Å². The Morgan fingerprint density at radius 2 is 1.94 bits per heavy atom. The lowest BCUT2D eigenvalue weighted by Crippen LogP contribution is -2.49. The summed E-state index contributed by atoms with van der Waals surface area (Å²) in [6.45, 7) is 13.4. The van der Waals surface area contributed by atoms with Crippen LogP contribution in [0, 0.1) is 17.8 Å². The van der Waals surface area contributed by atoms with Gasteiger partial charge in [-0.15, -0.1) is 0 Å². The number of ether oxygens (including phenoxy) is 1. The molecule has 0 aromatic heterocycles. The number of hydrogen-bond donors (Lipinski definition) is 1. The third kappa shape index (κ3) is 4.97. The molecular formula is C15H31NO. The molecule has 0 spiro atoms. The summed E-state index contributed by atoms with van der Waals surface area (Å²) in [7, 11) is 0. The van der Waals surface area contributed by atoms with Gasteiger partial charge in [-0.1, -0.05) is 34.6 Å². The van der Waals surface area contributed by atoms with Crippen LogP contribution in [0.25, 0.3) is 0 Å². The molecule has 1 saturated carbocycles. The number of nitrogens with one attached hydrogen (secondary N) is 1. The lowest BCUT2D eigenvalue weighted by molar-refractivity contribution is -0.0471. The van der Waals surface area contributed by atoms with E-state index < -0.39 is 0 Å². The highest BCUT2D eigenvalue weighted by Gasteiger charge is 2.34. The van der Waals surface area contributed by atoms with Gasteiger partial charge in [0.2, 0.25) is 0 Å². The van der Waals surface area contributed by atoms with Crippen molar-refractivity contribution in [1.29, 1.82) is 0 Å². The number of rotatable bonds is 6.